The molecule has 0 aliphatic rings. The Morgan fingerprint density at radius 1 is 0.689 bits per heavy atom. The number of alkyl halides is 2. The number of rotatable bonds is 20. The van der Waals surface area contributed by atoms with Gasteiger partial charge in [-0.2, -0.15) is 5.26 Å². The maximum Gasteiger partial charge on any atom is 0.142 e. The number of phenolic OH excluding ortho intramolecular Hbond substituents is 1. The van der Waals surface area contributed by atoms with Crippen LogP contribution in [0.5, 0.6) is 23.0 Å². The lowest BCUT2D eigenvalue weighted by atomic mass is 9.92. The van der Waals surface area contributed by atoms with Gasteiger partial charge < -0.3 is 40.2 Å². The van der Waals surface area contributed by atoms with E-state index >= 15 is 0 Å². The average molecular weight is 878 g/mol. The highest BCUT2D eigenvalue weighted by atomic mass is 35.5. The van der Waals surface area contributed by atoms with E-state index in [1.807, 2.05) is 50.2 Å². The summed E-state index contributed by atoms with van der Waals surface area (Å²) >= 11 is 13.3. The highest BCUT2D eigenvalue weighted by Crippen LogP contribution is 2.37. The summed E-state index contributed by atoms with van der Waals surface area (Å²) in [5.74, 6) is 1.05. The fraction of sp³-hybridized carbons (Fsp3) is 0.362. The van der Waals surface area contributed by atoms with Gasteiger partial charge in [0.05, 0.1) is 26.8 Å². The summed E-state index contributed by atoms with van der Waals surface area (Å²) in [7, 11) is 0. The van der Waals surface area contributed by atoms with Gasteiger partial charge in [0.2, 0.25) is 0 Å². The Kier molecular flexibility index (Phi) is 16.0. The third kappa shape index (κ3) is 12.8. The van der Waals surface area contributed by atoms with Crippen molar-refractivity contribution >= 4 is 23.2 Å². The predicted molar refractivity (Wildman–Crippen MR) is 234 cm³/mol. The fourth-order valence-corrected chi connectivity index (χ4v) is 6.81. The van der Waals surface area contributed by atoms with Gasteiger partial charge in [0, 0.05) is 67.4 Å². The quantitative estimate of drug-likeness (QED) is 0.0512. The van der Waals surface area contributed by atoms with E-state index in [1.165, 1.54) is 40.0 Å². The summed E-state index contributed by atoms with van der Waals surface area (Å²) in [6.07, 6.45) is 0.0755. The summed E-state index contributed by atoms with van der Waals surface area (Å²) in [5.41, 5.74) is 4.99. The van der Waals surface area contributed by atoms with E-state index in [2.05, 4.69) is 21.7 Å². The van der Waals surface area contributed by atoms with Crippen LogP contribution < -0.4 is 24.8 Å². The van der Waals surface area contributed by atoms with Crippen LogP contribution in [0, 0.1) is 25.2 Å². The van der Waals surface area contributed by atoms with Gasteiger partial charge in [-0.1, -0.05) is 59.6 Å². The number of ether oxygens (including phenoxy) is 3. The molecule has 0 saturated heterocycles. The minimum Gasteiger partial charge on any atom is -0.507 e. The zero-order chi connectivity index (χ0) is 44.5. The fourth-order valence-electron chi connectivity index (χ4n) is 6.32. The van der Waals surface area contributed by atoms with Gasteiger partial charge in [0.25, 0.3) is 0 Å². The number of pyridine rings is 1. The van der Waals surface area contributed by atoms with E-state index in [0.29, 0.717) is 44.5 Å². The monoisotopic (exact) mass is 876 g/mol. The molecule has 0 saturated carbocycles. The van der Waals surface area contributed by atoms with Crippen molar-refractivity contribution in [1.82, 2.24) is 15.6 Å². The van der Waals surface area contributed by atoms with Gasteiger partial charge in [-0.25, -0.2) is 8.78 Å². The Morgan fingerprint density at radius 3 is 1.70 bits per heavy atom. The Balaban J connectivity index is 1.30. The normalized spacial score (nSPS) is 12.8. The zero-order valence-electron chi connectivity index (χ0n) is 35.1. The zero-order valence-corrected chi connectivity index (χ0v) is 36.6. The predicted octanol–water partition coefficient (Wildman–Crippen LogP) is 9.38. The SMILES string of the molecule is Cc1c(COc2cc(O)c(CNCC(F)C(C)(C)O)cc2Cl)cccc1-c1cccc(COc2cc(OCc3cncc(C#N)c3)c(CNCC(F)C(C)(C)O)cc2Cl)c1C. The molecule has 0 bridgehead atoms. The molecule has 1 heterocycles. The summed E-state index contributed by atoms with van der Waals surface area (Å²) in [5, 5.41) is 46.4. The Morgan fingerprint density at radius 2 is 1.18 bits per heavy atom. The molecule has 324 valence electrons. The van der Waals surface area contributed by atoms with Crippen LogP contribution in [0.25, 0.3) is 11.1 Å². The Hall–Kier alpha value is -5.00. The van der Waals surface area contributed by atoms with Gasteiger partial charge >= 0.3 is 0 Å². The first-order valence-electron chi connectivity index (χ1n) is 19.7. The molecule has 0 aliphatic heterocycles. The number of hydrogen-bond donors (Lipinski definition) is 5. The van der Waals surface area contributed by atoms with E-state index in [9.17, 15) is 29.4 Å². The van der Waals surface area contributed by atoms with Gasteiger partial charge in [0.15, 0.2) is 0 Å². The van der Waals surface area contributed by atoms with Crippen molar-refractivity contribution in [2.24, 2.45) is 0 Å². The van der Waals surface area contributed by atoms with Crippen molar-refractivity contribution in [2.75, 3.05) is 13.1 Å². The van der Waals surface area contributed by atoms with Gasteiger partial charge in [0.1, 0.15) is 61.2 Å². The largest absolute Gasteiger partial charge is 0.507 e. The first kappa shape index (κ1) is 47.1. The number of benzene rings is 4. The van der Waals surface area contributed by atoms with Gasteiger partial charge in [-0.15, -0.1) is 0 Å². The second-order valence-electron chi connectivity index (χ2n) is 16.0. The molecule has 0 radical (unpaired) electrons. The Bertz CT molecular complexity index is 2340. The number of nitrogens with one attached hydrogen (secondary N) is 2. The third-order valence-corrected chi connectivity index (χ3v) is 10.9. The number of nitriles is 1. The first-order valence-corrected chi connectivity index (χ1v) is 20.5. The smallest absolute Gasteiger partial charge is 0.142 e. The van der Waals surface area contributed by atoms with Crippen LogP contribution in [0.15, 0.2) is 79.1 Å². The van der Waals surface area contributed by atoms with Crippen molar-refractivity contribution in [3.8, 4) is 40.2 Å². The lowest BCUT2D eigenvalue weighted by Gasteiger charge is -2.23. The number of nitrogens with zero attached hydrogens (tertiary/aromatic N) is 2. The van der Waals surface area contributed by atoms with Crippen molar-refractivity contribution in [3.63, 3.8) is 0 Å². The van der Waals surface area contributed by atoms with E-state index in [4.69, 9.17) is 37.4 Å². The molecular formula is C47H52Cl2F2N4O6. The van der Waals surface area contributed by atoms with E-state index in [0.717, 1.165) is 33.4 Å². The highest BCUT2D eigenvalue weighted by Gasteiger charge is 2.27. The molecule has 0 aliphatic carbocycles. The summed E-state index contributed by atoms with van der Waals surface area (Å²) in [6, 6.07) is 22.1. The number of hydrogen-bond acceptors (Lipinski definition) is 10. The van der Waals surface area contributed by atoms with Crippen LogP contribution in [0.3, 0.4) is 0 Å². The molecule has 2 atom stereocenters. The molecule has 5 aromatic rings. The molecule has 14 heteroatoms. The lowest BCUT2D eigenvalue weighted by molar-refractivity contribution is -0.00260. The van der Waals surface area contributed by atoms with Crippen LogP contribution in [-0.4, -0.2) is 56.9 Å². The third-order valence-electron chi connectivity index (χ3n) is 10.3. The van der Waals surface area contributed by atoms with E-state index in [-0.39, 0.29) is 56.8 Å². The van der Waals surface area contributed by atoms with Gasteiger partial charge in [-0.05, 0) is 93.1 Å². The van der Waals surface area contributed by atoms with Crippen LogP contribution in [-0.2, 0) is 32.9 Å². The highest BCUT2D eigenvalue weighted by molar-refractivity contribution is 6.32. The molecular weight excluding hydrogens is 825 g/mol. The minimum atomic E-state index is -1.51. The van der Waals surface area contributed by atoms with Crippen molar-refractivity contribution in [2.45, 2.75) is 98.0 Å². The van der Waals surface area contributed by atoms with E-state index in [1.54, 1.807) is 30.5 Å². The summed E-state index contributed by atoms with van der Waals surface area (Å²) in [4.78, 5) is 4.11. The number of aliphatic hydroxyl groups is 2. The molecule has 0 spiro atoms. The topological polar surface area (TPSA) is 149 Å². The molecule has 5 N–H and O–H groups in total. The lowest BCUT2D eigenvalue weighted by Crippen LogP contribution is -2.40. The van der Waals surface area contributed by atoms with Crippen LogP contribution in [0.2, 0.25) is 10.0 Å². The molecule has 10 nitrogen and oxygen atoms in total. The Labute approximate surface area is 366 Å². The second kappa shape index (κ2) is 20.7. The molecule has 4 aromatic carbocycles. The standard InChI is InChI=1S/C47H52Cl2F2N4O6/c1-28-32(26-60-42-16-40(56)34(14-38(42)48)21-54-23-44(50)46(3,4)57)9-7-11-36(28)37-12-8-10-33(29(37)2)27-61-43-17-41(59-25-31-13-30(18-52)19-53-20-31)35(15-39(43)49)22-55-24-45(51)47(5,6)58/h7-17,19-20,44-45,54-58H,21-27H2,1-6H3. The van der Waals surface area contributed by atoms with Crippen molar-refractivity contribution in [1.29, 1.82) is 5.26 Å². The maximum absolute atomic E-state index is 14.5. The van der Waals surface area contributed by atoms with E-state index < -0.39 is 23.5 Å². The van der Waals surface area contributed by atoms with Crippen LogP contribution >= 0.6 is 23.2 Å². The molecule has 0 fully saturated rings. The second-order valence-corrected chi connectivity index (χ2v) is 16.9. The number of halogens is 4. The molecule has 1 aromatic heterocycles. The van der Waals surface area contributed by atoms with Crippen molar-refractivity contribution in [3.05, 3.63) is 134 Å². The summed E-state index contributed by atoms with van der Waals surface area (Å²) in [6.45, 7) is 10.3. The van der Waals surface area contributed by atoms with Crippen LogP contribution in [0.4, 0.5) is 8.78 Å². The van der Waals surface area contributed by atoms with Crippen LogP contribution in [0.1, 0.15) is 72.2 Å². The molecule has 5 rings (SSSR count). The number of aromatic hydroxyl groups is 1. The maximum atomic E-state index is 14.5. The first-order chi connectivity index (χ1) is 28.8. The molecule has 61 heavy (non-hydrogen) atoms. The number of phenols is 1. The molecule has 0 amide bonds. The number of aromatic nitrogens is 1. The van der Waals surface area contributed by atoms with Crippen molar-refractivity contribution < 1.29 is 38.3 Å². The summed E-state index contributed by atoms with van der Waals surface area (Å²) < 4.78 is 47.3. The molecule has 2 unspecified atom stereocenters. The average Bonchev–Trinajstić information content (AvgIpc) is 3.21. The van der Waals surface area contributed by atoms with Gasteiger partial charge in [-0.3, -0.25) is 4.98 Å². The minimum absolute atomic E-state index is 0.0572.